The number of aromatic nitrogens is 2. The number of carboxylic acid groups (broad SMARTS) is 1. The highest BCUT2D eigenvalue weighted by atomic mass is 32.1. The van der Waals surface area contributed by atoms with E-state index in [2.05, 4.69) is 9.97 Å². The van der Waals surface area contributed by atoms with Gasteiger partial charge in [0, 0.05) is 6.07 Å². The first-order valence-electron chi connectivity index (χ1n) is 5.80. The van der Waals surface area contributed by atoms with E-state index in [-0.39, 0.29) is 16.9 Å². The number of hydrogen-bond donors (Lipinski definition) is 1. The Balaban J connectivity index is 2.21. The number of rotatable bonds is 3. The van der Waals surface area contributed by atoms with Gasteiger partial charge in [0.1, 0.15) is 16.9 Å². The number of nitrogens with zero attached hydrogens (tertiary/aromatic N) is 3. The molecule has 0 aliphatic heterocycles. The van der Waals surface area contributed by atoms with Crippen molar-refractivity contribution >= 4 is 33.2 Å². The minimum Gasteiger partial charge on any atom is -0.478 e. The lowest BCUT2D eigenvalue weighted by Crippen LogP contribution is -2.03. The van der Waals surface area contributed by atoms with Crippen LogP contribution in [0.4, 0.5) is 5.69 Å². The summed E-state index contributed by atoms with van der Waals surface area (Å²) in [5.41, 5.74) is 0.267. The second-order valence-corrected chi connectivity index (χ2v) is 5.17. The lowest BCUT2D eigenvalue weighted by molar-refractivity contribution is -0.385. The number of hydrogen-bond acceptors (Lipinski definition) is 6. The van der Waals surface area contributed by atoms with E-state index in [4.69, 9.17) is 0 Å². The maximum absolute atomic E-state index is 11.3. The van der Waals surface area contributed by atoms with Crippen LogP contribution in [0.25, 0.3) is 20.9 Å². The third kappa shape index (κ3) is 2.32. The summed E-state index contributed by atoms with van der Waals surface area (Å²) in [5.74, 6) is -1.28. The van der Waals surface area contributed by atoms with Crippen molar-refractivity contribution < 1.29 is 14.8 Å². The summed E-state index contributed by atoms with van der Waals surface area (Å²) in [7, 11) is 0. The SMILES string of the molecule is O=C(O)c1cc([N+](=O)[O-])cnc1-c1nc2ccccc2s1. The van der Waals surface area contributed by atoms with Crippen LogP contribution in [0.5, 0.6) is 0 Å². The summed E-state index contributed by atoms with van der Waals surface area (Å²) in [4.78, 5) is 29.6. The van der Waals surface area contributed by atoms with Crippen molar-refractivity contribution in [2.75, 3.05) is 0 Å². The van der Waals surface area contributed by atoms with Crippen LogP contribution in [0.3, 0.4) is 0 Å². The summed E-state index contributed by atoms with van der Waals surface area (Å²) >= 11 is 1.29. The molecule has 104 valence electrons. The van der Waals surface area contributed by atoms with Gasteiger partial charge in [0.15, 0.2) is 0 Å². The molecule has 8 heteroatoms. The molecular formula is C13H7N3O4S. The summed E-state index contributed by atoms with van der Waals surface area (Å²) in [6, 6.07) is 8.35. The van der Waals surface area contributed by atoms with E-state index in [9.17, 15) is 20.0 Å². The van der Waals surface area contributed by atoms with Gasteiger partial charge in [-0.05, 0) is 12.1 Å². The molecule has 0 unspecified atom stereocenters. The molecule has 0 aliphatic rings. The van der Waals surface area contributed by atoms with Crippen LogP contribution >= 0.6 is 11.3 Å². The van der Waals surface area contributed by atoms with Gasteiger partial charge in [0.25, 0.3) is 5.69 Å². The van der Waals surface area contributed by atoms with Gasteiger partial charge >= 0.3 is 5.97 Å². The first-order valence-corrected chi connectivity index (χ1v) is 6.61. The number of carbonyl (C=O) groups is 1. The second kappa shape index (κ2) is 4.91. The third-order valence-corrected chi connectivity index (χ3v) is 3.85. The number of pyridine rings is 1. The molecular weight excluding hydrogens is 294 g/mol. The molecule has 1 aromatic carbocycles. The highest BCUT2D eigenvalue weighted by Gasteiger charge is 2.20. The standard InChI is InChI=1S/C13H7N3O4S/c17-13(18)8-5-7(16(19)20)6-14-11(8)12-15-9-3-1-2-4-10(9)21-12/h1-6H,(H,17,18). The van der Waals surface area contributed by atoms with Crippen molar-refractivity contribution in [2.24, 2.45) is 0 Å². The quantitative estimate of drug-likeness (QED) is 0.588. The first-order chi connectivity index (χ1) is 10.1. The molecule has 2 heterocycles. The molecule has 0 saturated carbocycles. The number of carboxylic acids is 1. The minimum atomic E-state index is -1.28. The molecule has 2 aromatic heterocycles. The third-order valence-electron chi connectivity index (χ3n) is 2.81. The molecule has 0 fully saturated rings. The Morgan fingerprint density at radius 2 is 2.10 bits per heavy atom. The highest BCUT2D eigenvalue weighted by Crippen LogP contribution is 2.31. The summed E-state index contributed by atoms with van der Waals surface area (Å²) in [5, 5.41) is 20.4. The zero-order valence-corrected chi connectivity index (χ0v) is 11.2. The van der Waals surface area contributed by atoms with E-state index in [1.807, 2.05) is 18.2 Å². The molecule has 1 N–H and O–H groups in total. The lowest BCUT2D eigenvalue weighted by atomic mass is 10.2. The maximum Gasteiger partial charge on any atom is 0.338 e. The van der Waals surface area contributed by atoms with Crippen molar-refractivity contribution in [1.82, 2.24) is 9.97 Å². The van der Waals surface area contributed by atoms with Gasteiger partial charge in [-0.1, -0.05) is 12.1 Å². The van der Waals surface area contributed by atoms with E-state index in [0.717, 1.165) is 22.5 Å². The molecule has 3 aromatic rings. The summed E-state index contributed by atoms with van der Waals surface area (Å²) in [6.07, 6.45) is 1.04. The Bertz CT molecular complexity index is 842. The minimum absolute atomic E-state index is 0.134. The zero-order valence-electron chi connectivity index (χ0n) is 10.4. The van der Waals surface area contributed by atoms with E-state index in [1.54, 1.807) is 6.07 Å². The second-order valence-electron chi connectivity index (χ2n) is 4.14. The Hall–Kier alpha value is -2.87. The Kier molecular flexibility index (Phi) is 3.07. The van der Waals surface area contributed by atoms with Gasteiger partial charge < -0.3 is 5.11 Å². The summed E-state index contributed by atoms with van der Waals surface area (Å²) in [6.45, 7) is 0. The normalized spacial score (nSPS) is 10.7. The molecule has 0 atom stereocenters. The van der Waals surface area contributed by atoms with Crippen molar-refractivity contribution in [3.05, 3.63) is 52.2 Å². The fraction of sp³-hybridized carbons (Fsp3) is 0. The number of thiazole rings is 1. The molecule has 7 nitrogen and oxygen atoms in total. The van der Waals surface area contributed by atoms with Gasteiger partial charge in [-0.15, -0.1) is 11.3 Å². The van der Waals surface area contributed by atoms with Crippen LogP contribution in [0.2, 0.25) is 0 Å². The van der Waals surface area contributed by atoms with Crippen LogP contribution in [0.15, 0.2) is 36.5 Å². The molecule has 0 saturated heterocycles. The average molecular weight is 301 g/mol. The van der Waals surface area contributed by atoms with Crippen molar-refractivity contribution in [1.29, 1.82) is 0 Å². The highest BCUT2D eigenvalue weighted by molar-refractivity contribution is 7.21. The number of aromatic carboxylic acids is 1. The van der Waals surface area contributed by atoms with Gasteiger partial charge in [0.2, 0.25) is 0 Å². The number of para-hydroxylation sites is 1. The van der Waals surface area contributed by atoms with Gasteiger partial charge in [-0.2, -0.15) is 0 Å². The van der Waals surface area contributed by atoms with Crippen molar-refractivity contribution in [2.45, 2.75) is 0 Å². The molecule has 0 aliphatic carbocycles. The molecule has 21 heavy (non-hydrogen) atoms. The smallest absolute Gasteiger partial charge is 0.338 e. The Labute approximate surface area is 121 Å². The number of benzene rings is 1. The molecule has 0 spiro atoms. The Morgan fingerprint density at radius 3 is 2.76 bits per heavy atom. The summed E-state index contributed by atoms with van der Waals surface area (Å²) < 4.78 is 0.893. The largest absolute Gasteiger partial charge is 0.478 e. The zero-order chi connectivity index (χ0) is 15.0. The van der Waals surface area contributed by atoms with Crippen LogP contribution in [0, 0.1) is 10.1 Å². The van der Waals surface area contributed by atoms with Crippen LogP contribution in [0.1, 0.15) is 10.4 Å². The topological polar surface area (TPSA) is 106 Å². The fourth-order valence-corrected chi connectivity index (χ4v) is 2.84. The van der Waals surface area contributed by atoms with Crippen molar-refractivity contribution in [3.63, 3.8) is 0 Å². The van der Waals surface area contributed by atoms with Crippen LogP contribution < -0.4 is 0 Å². The van der Waals surface area contributed by atoms with E-state index < -0.39 is 10.9 Å². The van der Waals surface area contributed by atoms with E-state index in [0.29, 0.717) is 5.01 Å². The van der Waals surface area contributed by atoms with Gasteiger partial charge in [0.05, 0.1) is 20.7 Å². The number of fused-ring (bicyclic) bond motifs is 1. The molecule has 0 bridgehead atoms. The maximum atomic E-state index is 11.3. The van der Waals surface area contributed by atoms with E-state index >= 15 is 0 Å². The van der Waals surface area contributed by atoms with Crippen LogP contribution in [-0.2, 0) is 0 Å². The Morgan fingerprint density at radius 1 is 1.33 bits per heavy atom. The van der Waals surface area contributed by atoms with Gasteiger partial charge in [-0.25, -0.2) is 14.8 Å². The molecule has 3 rings (SSSR count). The lowest BCUT2D eigenvalue weighted by Gasteiger charge is -2.01. The van der Waals surface area contributed by atoms with E-state index in [1.165, 1.54) is 11.3 Å². The number of nitro groups is 1. The average Bonchev–Trinajstić information content (AvgIpc) is 2.90. The predicted molar refractivity (Wildman–Crippen MR) is 76.5 cm³/mol. The first kappa shape index (κ1) is 13.1. The predicted octanol–water partition coefficient (Wildman–Crippen LogP) is 2.96. The van der Waals surface area contributed by atoms with Gasteiger partial charge in [-0.3, -0.25) is 10.1 Å². The van der Waals surface area contributed by atoms with Crippen LogP contribution in [-0.4, -0.2) is 26.0 Å². The molecule has 0 radical (unpaired) electrons. The monoisotopic (exact) mass is 301 g/mol. The fourth-order valence-electron chi connectivity index (χ4n) is 1.86. The molecule has 0 amide bonds. The van der Waals surface area contributed by atoms with Crippen molar-refractivity contribution in [3.8, 4) is 10.7 Å².